The van der Waals surface area contributed by atoms with Crippen LogP contribution in [-0.4, -0.2) is 6.54 Å². The van der Waals surface area contributed by atoms with Gasteiger partial charge in [0.05, 0.1) is 5.56 Å². The topological polar surface area (TPSA) is 12.0 Å². The van der Waals surface area contributed by atoms with Gasteiger partial charge in [-0.1, -0.05) is 45.9 Å². The van der Waals surface area contributed by atoms with E-state index in [1.807, 2.05) is 27.7 Å². The van der Waals surface area contributed by atoms with E-state index in [0.717, 1.165) is 6.07 Å². The smallest absolute Gasteiger partial charge is 0.310 e. The van der Waals surface area contributed by atoms with Crippen LogP contribution in [0.15, 0.2) is 24.3 Å². The molecule has 108 valence electrons. The normalized spacial score (nSPS) is 15.6. The highest BCUT2D eigenvalue weighted by atomic mass is 19.4. The Bertz CT molecular complexity index is 399. The lowest BCUT2D eigenvalue weighted by atomic mass is 9.84. The first-order valence-electron chi connectivity index (χ1n) is 6.68. The van der Waals surface area contributed by atoms with Crippen molar-refractivity contribution < 1.29 is 13.2 Å². The molecule has 2 unspecified atom stereocenters. The van der Waals surface area contributed by atoms with Gasteiger partial charge >= 0.3 is 6.18 Å². The van der Waals surface area contributed by atoms with E-state index in [9.17, 15) is 13.2 Å². The molecule has 1 nitrogen and oxygen atoms in total. The van der Waals surface area contributed by atoms with E-state index in [-0.39, 0.29) is 12.0 Å². The average molecular weight is 273 g/mol. The molecule has 0 saturated heterocycles. The van der Waals surface area contributed by atoms with Gasteiger partial charge in [-0.3, -0.25) is 0 Å². The van der Waals surface area contributed by atoms with Crippen LogP contribution in [-0.2, 0) is 6.18 Å². The van der Waals surface area contributed by atoms with Crippen molar-refractivity contribution in [2.45, 2.75) is 39.9 Å². The van der Waals surface area contributed by atoms with E-state index >= 15 is 0 Å². The van der Waals surface area contributed by atoms with E-state index in [2.05, 4.69) is 5.32 Å². The van der Waals surface area contributed by atoms with Crippen molar-refractivity contribution in [3.8, 4) is 0 Å². The minimum atomic E-state index is -4.30. The minimum absolute atomic E-state index is 0.128. The van der Waals surface area contributed by atoms with Crippen molar-refractivity contribution in [3.05, 3.63) is 35.4 Å². The highest BCUT2D eigenvalue weighted by Crippen LogP contribution is 2.37. The zero-order chi connectivity index (χ0) is 14.6. The number of alkyl halides is 3. The zero-order valence-electron chi connectivity index (χ0n) is 11.9. The van der Waals surface area contributed by atoms with Crippen molar-refractivity contribution >= 4 is 0 Å². The summed E-state index contributed by atoms with van der Waals surface area (Å²) in [6.45, 7) is 8.62. The maximum atomic E-state index is 13.1. The van der Waals surface area contributed by atoms with Crippen molar-refractivity contribution in [2.75, 3.05) is 6.54 Å². The number of benzene rings is 1. The first-order chi connectivity index (χ1) is 8.79. The number of halogens is 3. The Hall–Kier alpha value is -1.03. The van der Waals surface area contributed by atoms with Crippen LogP contribution in [0, 0.1) is 11.8 Å². The summed E-state index contributed by atoms with van der Waals surface area (Å²) in [6, 6.07) is 5.57. The molecule has 0 aromatic heterocycles. The minimum Gasteiger partial charge on any atom is -0.310 e. The molecule has 0 aliphatic carbocycles. The number of hydrogen-bond acceptors (Lipinski definition) is 1. The predicted molar refractivity (Wildman–Crippen MR) is 71.9 cm³/mol. The molecule has 0 heterocycles. The zero-order valence-corrected chi connectivity index (χ0v) is 11.9. The fourth-order valence-electron chi connectivity index (χ4n) is 2.21. The Labute approximate surface area is 113 Å². The van der Waals surface area contributed by atoms with Gasteiger partial charge in [0.1, 0.15) is 0 Å². The summed E-state index contributed by atoms with van der Waals surface area (Å²) in [5.41, 5.74) is -0.188. The van der Waals surface area contributed by atoms with Crippen LogP contribution in [0.3, 0.4) is 0 Å². The van der Waals surface area contributed by atoms with Crippen LogP contribution >= 0.6 is 0 Å². The highest BCUT2D eigenvalue weighted by Gasteiger charge is 2.36. The molecule has 4 heteroatoms. The van der Waals surface area contributed by atoms with Gasteiger partial charge in [0.25, 0.3) is 0 Å². The summed E-state index contributed by atoms with van der Waals surface area (Å²) in [6.07, 6.45) is -4.30. The second kappa shape index (κ2) is 6.42. The average Bonchev–Trinajstić information content (AvgIpc) is 2.34. The van der Waals surface area contributed by atoms with E-state index in [0.29, 0.717) is 18.0 Å². The highest BCUT2D eigenvalue weighted by molar-refractivity contribution is 5.33. The second-order valence-electron chi connectivity index (χ2n) is 5.22. The van der Waals surface area contributed by atoms with Gasteiger partial charge in [-0.05, 0) is 30.0 Å². The molecular weight excluding hydrogens is 251 g/mol. The maximum absolute atomic E-state index is 13.1. The number of nitrogens with one attached hydrogen (secondary N) is 1. The maximum Gasteiger partial charge on any atom is 0.416 e. The molecule has 0 saturated carbocycles. The third-order valence-corrected chi connectivity index (χ3v) is 3.60. The van der Waals surface area contributed by atoms with Crippen LogP contribution in [0.2, 0.25) is 0 Å². The Morgan fingerprint density at radius 1 is 1.11 bits per heavy atom. The lowest BCUT2D eigenvalue weighted by molar-refractivity contribution is -0.138. The summed E-state index contributed by atoms with van der Waals surface area (Å²) in [4.78, 5) is 0. The third kappa shape index (κ3) is 3.96. The molecule has 1 aromatic carbocycles. The first-order valence-corrected chi connectivity index (χ1v) is 6.68. The molecule has 0 amide bonds. The first kappa shape index (κ1) is 16.0. The molecule has 2 atom stereocenters. The Morgan fingerprint density at radius 3 is 2.16 bits per heavy atom. The van der Waals surface area contributed by atoms with Crippen LogP contribution < -0.4 is 5.32 Å². The number of hydrogen-bond donors (Lipinski definition) is 1. The Morgan fingerprint density at radius 2 is 1.68 bits per heavy atom. The van der Waals surface area contributed by atoms with E-state index in [1.54, 1.807) is 12.1 Å². The lowest BCUT2D eigenvalue weighted by Gasteiger charge is -2.30. The molecule has 19 heavy (non-hydrogen) atoms. The van der Waals surface area contributed by atoms with Gasteiger partial charge in [-0.2, -0.15) is 13.2 Å². The summed E-state index contributed by atoms with van der Waals surface area (Å²) >= 11 is 0. The standard InChI is InChI=1S/C15H22F3N/c1-5-19-14(11(4)10(2)3)12-8-6-7-9-13(12)15(16,17)18/h6-11,14,19H,5H2,1-4H3. The fourth-order valence-corrected chi connectivity index (χ4v) is 2.21. The summed E-state index contributed by atoms with van der Waals surface area (Å²) < 4.78 is 39.3. The second-order valence-corrected chi connectivity index (χ2v) is 5.22. The van der Waals surface area contributed by atoms with Crippen LogP contribution in [0.25, 0.3) is 0 Å². The van der Waals surface area contributed by atoms with Crippen molar-refractivity contribution in [1.29, 1.82) is 0 Å². The monoisotopic (exact) mass is 273 g/mol. The number of rotatable bonds is 5. The van der Waals surface area contributed by atoms with Crippen LogP contribution in [0.4, 0.5) is 13.2 Å². The van der Waals surface area contributed by atoms with Gasteiger partial charge < -0.3 is 5.32 Å². The van der Waals surface area contributed by atoms with Gasteiger partial charge in [-0.15, -0.1) is 0 Å². The molecule has 0 aliphatic rings. The van der Waals surface area contributed by atoms with Gasteiger partial charge in [-0.25, -0.2) is 0 Å². The van der Waals surface area contributed by atoms with E-state index in [4.69, 9.17) is 0 Å². The summed E-state index contributed by atoms with van der Waals surface area (Å²) in [7, 11) is 0. The van der Waals surface area contributed by atoms with Gasteiger partial charge in [0.2, 0.25) is 0 Å². The predicted octanol–water partition coefficient (Wildman–Crippen LogP) is 4.65. The summed E-state index contributed by atoms with van der Waals surface area (Å²) in [5.74, 6) is 0.439. The van der Waals surface area contributed by atoms with E-state index < -0.39 is 11.7 Å². The molecule has 0 radical (unpaired) electrons. The molecule has 0 fully saturated rings. The van der Waals surface area contributed by atoms with Gasteiger partial charge in [0.15, 0.2) is 0 Å². The van der Waals surface area contributed by atoms with E-state index in [1.165, 1.54) is 6.07 Å². The molecule has 0 bridgehead atoms. The van der Waals surface area contributed by atoms with Crippen molar-refractivity contribution in [1.82, 2.24) is 5.32 Å². The molecule has 1 N–H and O–H groups in total. The largest absolute Gasteiger partial charge is 0.416 e. The molecule has 0 aliphatic heterocycles. The lowest BCUT2D eigenvalue weighted by Crippen LogP contribution is -2.31. The third-order valence-electron chi connectivity index (χ3n) is 3.60. The fraction of sp³-hybridized carbons (Fsp3) is 0.600. The van der Waals surface area contributed by atoms with Crippen molar-refractivity contribution in [2.24, 2.45) is 11.8 Å². The van der Waals surface area contributed by atoms with Crippen LogP contribution in [0.1, 0.15) is 44.9 Å². The SMILES string of the molecule is CCNC(c1ccccc1C(F)(F)F)C(C)C(C)C. The quantitative estimate of drug-likeness (QED) is 0.823. The molecular formula is C15H22F3N. The Kier molecular flexibility index (Phi) is 5.41. The van der Waals surface area contributed by atoms with Crippen molar-refractivity contribution in [3.63, 3.8) is 0 Å². The molecule has 0 spiro atoms. The molecule has 1 aromatic rings. The summed E-state index contributed by atoms with van der Waals surface area (Å²) in [5, 5.41) is 3.19. The Balaban J connectivity index is 3.23. The van der Waals surface area contributed by atoms with Crippen LogP contribution in [0.5, 0.6) is 0 Å². The van der Waals surface area contributed by atoms with Gasteiger partial charge in [0, 0.05) is 6.04 Å². The molecule has 1 rings (SSSR count).